The minimum atomic E-state index is 0.195. The first kappa shape index (κ1) is 19.5. The van der Waals surface area contributed by atoms with Gasteiger partial charge in [-0.25, -0.2) is 0 Å². The van der Waals surface area contributed by atoms with Gasteiger partial charge in [-0.3, -0.25) is 0 Å². The Hall–Kier alpha value is -1.50. The first-order valence-electron chi connectivity index (χ1n) is 7.90. The molecule has 0 spiro atoms. The van der Waals surface area contributed by atoms with Crippen LogP contribution >= 0.6 is 0 Å². The highest BCUT2D eigenvalue weighted by atomic mass is 16.5. The lowest BCUT2D eigenvalue weighted by atomic mass is 10.1. The van der Waals surface area contributed by atoms with Crippen LogP contribution in [0.5, 0.6) is 17.2 Å². The van der Waals surface area contributed by atoms with E-state index in [0.29, 0.717) is 23.8 Å². The van der Waals surface area contributed by atoms with Gasteiger partial charge in [0.25, 0.3) is 0 Å². The lowest BCUT2D eigenvalue weighted by molar-refractivity contribution is 0.181. The van der Waals surface area contributed by atoms with Gasteiger partial charge in [0, 0.05) is 31.7 Å². The van der Waals surface area contributed by atoms with Crippen LogP contribution in [-0.4, -0.2) is 76.1 Å². The Morgan fingerprint density at radius 3 is 2.17 bits per heavy atom. The van der Waals surface area contributed by atoms with E-state index in [2.05, 4.69) is 23.8 Å². The third kappa shape index (κ3) is 5.57. The molecule has 6 nitrogen and oxygen atoms in total. The summed E-state index contributed by atoms with van der Waals surface area (Å²) in [6.07, 6.45) is 0. The van der Waals surface area contributed by atoms with Crippen molar-refractivity contribution in [3.8, 4) is 17.2 Å². The Bertz CT molecular complexity index is 468. The quantitative estimate of drug-likeness (QED) is 0.664. The molecule has 1 rings (SSSR count). The van der Waals surface area contributed by atoms with Crippen LogP contribution in [0.25, 0.3) is 0 Å². The summed E-state index contributed by atoms with van der Waals surface area (Å²) >= 11 is 0. The summed E-state index contributed by atoms with van der Waals surface area (Å²) in [5.41, 5.74) is 1.05. The zero-order valence-corrected chi connectivity index (χ0v) is 15.0. The number of methoxy groups -OCH3 is 3. The van der Waals surface area contributed by atoms with Crippen LogP contribution in [-0.2, 0) is 6.54 Å². The van der Waals surface area contributed by atoms with Crippen LogP contribution in [0.3, 0.4) is 0 Å². The van der Waals surface area contributed by atoms with Crippen molar-refractivity contribution < 1.29 is 19.3 Å². The number of likely N-dealkylation sites (N-methyl/N-ethyl adjacent to an activating group) is 2. The van der Waals surface area contributed by atoms with Gasteiger partial charge in [0.2, 0.25) is 5.75 Å². The molecule has 1 N–H and O–H groups in total. The molecule has 0 saturated heterocycles. The molecule has 0 aliphatic rings. The molecule has 0 aromatic heterocycles. The van der Waals surface area contributed by atoms with Crippen LogP contribution < -0.4 is 14.2 Å². The van der Waals surface area contributed by atoms with Gasteiger partial charge in [0.05, 0.1) is 27.9 Å². The summed E-state index contributed by atoms with van der Waals surface area (Å²) in [7, 11) is 6.94. The smallest absolute Gasteiger partial charge is 0.203 e. The summed E-state index contributed by atoms with van der Waals surface area (Å²) < 4.78 is 16.3. The van der Waals surface area contributed by atoms with E-state index in [-0.39, 0.29) is 6.61 Å². The zero-order valence-electron chi connectivity index (χ0n) is 15.0. The van der Waals surface area contributed by atoms with E-state index in [0.717, 1.165) is 31.7 Å². The standard InChI is InChI=1S/C17H30N2O4/c1-6-19(11-12-20)10-9-18(2)13-14-7-8-15(21-3)17(23-5)16(14)22-4/h7-8,20H,6,9-13H2,1-5H3. The third-order valence-electron chi connectivity index (χ3n) is 3.89. The second-order valence-electron chi connectivity index (χ2n) is 5.39. The first-order valence-corrected chi connectivity index (χ1v) is 7.90. The van der Waals surface area contributed by atoms with E-state index in [9.17, 15) is 0 Å². The zero-order chi connectivity index (χ0) is 17.2. The maximum atomic E-state index is 9.05. The normalized spacial score (nSPS) is 11.1. The number of hydrogen-bond donors (Lipinski definition) is 1. The Morgan fingerprint density at radius 2 is 1.65 bits per heavy atom. The molecule has 23 heavy (non-hydrogen) atoms. The molecule has 0 heterocycles. The van der Waals surface area contributed by atoms with Gasteiger partial charge >= 0.3 is 0 Å². The van der Waals surface area contributed by atoms with Crippen molar-refractivity contribution in [2.24, 2.45) is 0 Å². The maximum absolute atomic E-state index is 9.05. The summed E-state index contributed by atoms with van der Waals surface area (Å²) in [6.45, 7) is 6.53. The van der Waals surface area contributed by atoms with Crippen molar-refractivity contribution in [2.75, 3.05) is 61.2 Å². The molecular weight excluding hydrogens is 296 g/mol. The second-order valence-corrected chi connectivity index (χ2v) is 5.39. The van der Waals surface area contributed by atoms with Crippen LogP contribution in [0.2, 0.25) is 0 Å². The number of aliphatic hydroxyl groups excluding tert-OH is 1. The average molecular weight is 326 g/mol. The number of benzene rings is 1. The largest absolute Gasteiger partial charge is 0.493 e. The van der Waals surface area contributed by atoms with E-state index >= 15 is 0 Å². The molecule has 0 saturated carbocycles. The molecule has 1 aromatic rings. The molecular formula is C17H30N2O4. The predicted octanol–water partition coefficient (Wildman–Crippen LogP) is 1.46. The van der Waals surface area contributed by atoms with Crippen molar-refractivity contribution in [3.05, 3.63) is 17.7 Å². The van der Waals surface area contributed by atoms with E-state index < -0.39 is 0 Å². The minimum Gasteiger partial charge on any atom is -0.493 e. The molecule has 6 heteroatoms. The highest BCUT2D eigenvalue weighted by molar-refractivity contribution is 5.55. The number of ether oxygens (including phenoxy) is 3. The third-order valence-corrected chi connectivity index (χ3v) is 3.89. The number of nitrogens with zero attached hydrogens (tertiary/aromatic N) is 2. The predicted molar refractivity (Wildman–Crippen MR) is 91.6 cm³/mol. The van der Waals surface area contributed by atoms with Crippen LogP contribution in [0.15, 0.2) is 12.1 Å². The van der Waals surface area contributed by atoms with Crippen LogP contribution in [0, 0.1) is 0 Å². The molecule has 0 radical (unpaired) electrons. The molecule has 1 aromatic carbocycles. The van der Waals surface area contributed by atoms with E-state index in [4.69, 9.17) is 19.3 Å². The van der Waals surface area contributed by atoms with Crippen molar-refractivity contribution in [1.82, 2.24) is 9.80 Å². The summed E-state index contributed by atoms with van der Waals surface area (Å²) in [6, 6.07) is 3.90. The summed E-state index contributed by atoms with van der Waals surface area (Å²) in [5, 5.41) is 9.05. The van der Waals surface area contributed by atoms with Gasteiger partial charge in [0.15, 0.2) is 11.5 Å². The minimum absolute atomic E-state index is 0.195. The van der Waals surface area contributed by atoms with Gasteiger partial charge in [-0.05, 0) is 19.7 Å². The average Bonchev–Trinajstić information content (AvgIpc) is 2.57. The topological polar surface area (TPSA) is 54.4 Å². The Balaban J connectivity index is 2.76. The molecule has 0 amide bonds. The summed E-state index contributed by atoms with van der Waals surface area (Å²) in [5.74, 6) is 1.99. The monoisotopic (exact) mass is 326 g/mol. The molecule has 132 valence electrons. The lowest BCUT2D eigenvalue weighted by Gasteiger charge is -2.24. The Kier molecular flexibility index (Phi) is 8.76. The van der Waals surface area contributed by atoms with Crippen molar-refractivity contribution in [1.29, 1.82) is 0 Å². The molecule has 0 unspecified atom stereocenters. The summed E-state index contributed by atoms with van der Waals surface area (Å²) in [4.78, 5) is 4.45. The highest BCUT2D eigenvalue weighted by Gasteiger charge is 2.17. The molecule has 0 aliphatic heterocycles. The fraction of sp³-hybridized carbons (Fsp3) is 0.647. The van der Waals surface area contributed by atoms with Crippen molar-refractivity contribution in [2.45, 2.75) is 13.5 Å². The first-order chi connectivity index (χ1) is 11.1. The van der Waals surface area contributed by atoms with Gasteiger partial charge in [-0.2, -0.15) is 0 Å². The SMILES string of the molecule is CCN(CCO)CCN(C)Cc1ccc(OC)c(OC)c1OC. The number of rotatable bonds is 11. The van der Waals surface area contributed by atoms with Crippen LogP contribution in [0.4, 0.5) is 0 Å². The van der Waals surface area contributed by atoms with Gasteiger partial charge < -0.3 is 29.1 Å². The van der Waals surface area contributed by atoms with E-state index in [1.807, 2.05) is 12.1 Å². The lowest BCUT2D eigenvalue weighted by Crippen LogP contribution is -2.34. The van der Waals surface area contributed by atoms with E-state index in [1.54, 1.807) is 21.3 Å². The van der Waals surface area contributed by atoms with Gasteiger partial charge in [-0.1, -0.05) is 13.0 Å². The molecule has 0 aliphatic carbocycles. The van der Waals surface area contributed by atoms with E-state index in [1.165, 1.54) is 0 Å². The number of aliphatic hydroxyl groups is 1. The molecule has 0 bridgehead atoms. The number of hydrogen-bond acceptors (Lipinski definition) is 6. The fourth-order valence-electron chi connectivity index (χ4n) is 2.54. The highest BCUT2D eigenvalue weighted by Crippen LogP contribution is 2.40. The van der Waals surface area contributed by atoms with Crippen molar-refractivity contribution >= 4 is 0 Å². The Labute approximate surface area is 139 Å². The van der Waals surface area contributed by atoms with Gasteiger partial charge in [-0.15, -0.1) is 0 Å². The van der Waals surface area contributed by atoms with Crippen LogP contribution in [0.1, 0.15) is 12.5 Å². The van der Waals surface area contributed by atoms with Gasteiger partial charge in [0.1, 0.15) is 0 Å². The molecule has 0 fully saturated rings. The second kappa shape index (κ2) is 10.3. The maximum Gasteiger partial charge on any atom is 0.203 e. The fourth-order valence-corrected chi connectivity index (χ4v) is 2.54. The Morgan fingerprint density at radius 1 is 0.957 bits per heavy atom. The van der Waals surface area contributed by atoms with Crippen molar-refractivity contribution in [3.63, 3.8) is 0 Å². The molecule has 0 atom stereocenters.